The number of amides is 4. The van der Waals surface area contributed by atoms with Crippen LogP contribution in [-0.2, 0) is 4.79 Å². The van der Waals surface area contributed by atoms with E-state index in [0.29, 0.717) is 24.3 Å². The Morgan fingerprint density at radius 1 is 1.31 bits per heavy atom. The maximum Gasteiger partial charge on any atom is 0.315 e. The molecule has 0 radical (unpaired) electrons. The van der Waals surface area contributed by atoms with E-state index in [4.69, 9.17) is 0 Å². The summed E-state index contributed by atoms with van der Waals surface area (Å²) in [5.74, 6) is -0.192. The van der Waals surface area contributed by atoms with Crippen LogP contribution in [0.4, 0.5) is 4.79 Å². The molecule has 0 aliphatic carbocycles. The maximum absolute atomic E-state index is 12.8. The number of hydrogen-bond donors (Lipinski definition) is 3. The van der Waals surface area contributed by atoms with Gasteiger partial charge in [0, 0.05) is 43.5 Å². The third kappa shape index (κ3) is 4.02. The monoisotopic (exact) mass is 460 g/mol. The fraction of sp³-hybridized carbons (Fsp3) is 0.421. The standard InChI is InChI=1S/C19H21BrN6O3/c1-10-4-5-26(18(28)14-8-22-19(29)25-14)9-15(10)24-17(27)13-3-2-11-6-21-7-12(20)16(11)23-13/h2-3,6-7,10,14-15H,4-5,8-9H2,1H3,(H,24,27)(H2,22,25,29)/t10?,14-,15?/m0/s1. The summed E-state index contributed by atoms with van der Waals surface area (Å²) >= 11 is 3.41. The van der Waals surface area contributed by atoms with E-state index < -0.39 is 6.04 Å². The lowest BCUT2D eigenvalue weighted by atomic mass is 9.93. The molecule has 29 heavy (non-hydrogen) atoms. The zero-order valence-corrected chi connectivity index (χ0v) is 17.4. The Hall–Kier alpha value is -2.75. The van der Waals surface area contributed by atoms with Gasteiger partial charge in [0.15, 0.2) is 0 Å². The van der Waals surface area contributed by atoms with Crippen LogP contribution in [0.5, 0.6) is 0 Å². The van der Waals surface area contributed by atoms with E-state index in [2.05, 4.69) is 48.8 Å². The van der Waals surface area contributed by atoms with Crippen molar-refractivity contribution >= 4 is 44.7 Å². The van der Waals surface area contributed by atoms with Crippen LogP contribution in [-0.4, -0.2) is 64.4 Å². The number of urea groups is 1. The van der Waals surface area contributed by atoms with E-state index in [-0.39, 0.29) is 36.3 Å². The van der Waals surface area contributed by atoms with Gasteiger partial charge in [-0.25, -0.2) is 9.78 Å². The van der Waals surface area contributed by atoms with Crippen LogP contribution in [0.25, 0.3) is 10.9 Å². The summed E-state index contributed by atoms with van der Waals surface area (Å²) in [6, 6.07) is 2.40. The number of rotatable bonds is 3. The Balaban J connectivity index is 1.46. The Morgan fingerprint density at radius 3 is 2.90 bits per heavy atom. The van der Waals surface area contributed by atoms with Gasteiger partial charge >= 0.3 is 6.03 Å². The average Bonchev–Trinajstić information content (AvgIpc) is 3.15. The lowest BCUT2D eigenvalue weighted by Crippen LogP contribution is -2.56. The number of piperidine rings is 1. The van der Waals surface area contributed by atoms with E-state index in [9.17, 15) is 14.4 Å². The lowest BCUT2D eigenvalue weighted by Gasteiger charge is -2.38. The van der Waals surface area contributed by atoms with Crippen LogP contribution in [0.3, 0.4) is 0 Å². The molecule has 0 aromatic carbocycles. The molecule has 9 nitrogen and oxygen atoms in total. The Kier molecular flexibility index (Phi) is 5.35. The Labute approximate surface area is 175 Å². The first-order valence-electron chi connectivity index (χ1n) is 9.46. The Bertz CT molecular complexity index is 984. The van der Waals surface area contributed by atoms with Crippen molar-refractivity contribution in [2.75, 3.05) is 19.6 Å². The van der Waals surface area contributed by atoms with E-state index in [1.54, 1.807) is 23.4 Å². The number of pyridine rings is 2. The van der Waals surface area contributed by atoms with Crippen LogP contribution < -0.4 is 16.0 Å². The summed E-state index contributed by atoms with van der Waals surface area (Å²) in [5, 5.41) is 9.08. The minimum Gasteiger partial charge on any atom is -0.346 e. The van der Waals surface area contributed by atoms with Gasteiger partial charge in [-0.2, -0.15) is 0 Å². The number of hydrogen-bond acceptors (Lipinski definition) is 5. The summed E-state index contributed by atoms with van der Waals surface area (Å²) in [7, 11) is 0. The van der Waals surface area contributed by atoms with Gasteiger partial charge in [-0.05, 0) is 40.4 Å². The van der Waals surface area contributed by atoms with Crippen molar-refractivity contribution in [1.82, 2.24) is 30.8 Å². The molecule has 0 bridgehead atoms. The fourth-order valence-electron chi connectivity index (χ4n) is 3.66. The molecule has 3 N–H and O–H groups in total. The molecule has 4 rings (SSSR count). The normalized spacial score (nSPS) is 24.1. The first-order chi connectivity index (χ1) is 13.9. The summed E-state index contributed by atoms with van der Waals surface area (Å²) < 4.78 is 0.722. The number of carbonyl (C=O) groups excluding carboxylic acids is 3. The van der Waals surface area contributed by atoms with E-state index in [0.717, 1.165) is 16.3 Å². The third-order valence-electron chi connectivity index (χ3n) is 5.44. The quantitative estimate of drug-likeness (QED) is 0.632. The molecule has 0 saturated carbocycles. The van der Waals surface area contributed by atoms with Gasteiger partial charge in [-0.1, -0.05) is 6.92 Å². The highest BCUT2D eigenvalue weighted by atomic mass is 79.9. The van der Waals surface area contributed by atoms with Gasteiger partial charge in [-0.15, -0.1) is 0 Å². The van der Waals surface area contributed by atoms with Crippen molar-refractivity contribution < 1.29 is 14.4 Å². The van der Waals surface area contributed by atoms with Crippen molar-refractivity contribution in [2.45, 2.75) is 25.4 Å². The van der Waals surface area contributed by atoms with Crippen molar-refractivity contribution in [3.63, 3.8) is 0 Å². The minimum atomic E-state index is -0.555. The van der Waals surface area contributed by atoms with E-state index >= 15 is 0 Å². The molecule has 3 atom stereocenters. The second kappa shape index (κ2) is 7.94. The zero-order chi connectivity index (χ0) is 20.5. The molecular formula is C19H21BrN6O3. The molecule has 2 aliphatic rings. The molecule has 2 aromatic rings. The third-order valence-corrected chi connectivity index (χ3v) is 6.02. The highest BCUT2D eigenvalue weighted by molar-refractivity contribution is 9.10. The number of nitrogens with zero attached hydrogens (tertiary/aromatic N) is 3. The van der Waals surface area contributed by atoms with Crippen molar-refractivity contribution in [2.24, 2.45) is 5.92 Å². The molecule has 2 aliphatic heterocycles. The van der Waals surface area contributed by atoms with Crippen LogP contribution >= 0.6 is 15.9 Å². The van der Waals surface area contributed by atoms with Gasteiger partial charge in [0.05, 0.1) is 9.99 Å². The van der Waals surface area contributed by atoms with Crippen LogP contribution in [0.15, 0.2) is 29.0 Å². The number of aromatic nitrogens is 2. The summed E-state index contributed by atoms with van der Waals surface area (Å²) in [5.41, 5.74) is 0.984. The van der Waals surface area contributed by atoms with Gasteiger partial charge in [-0.3, -0.25) is 14.6 Å². The number of likely N-dealkylation sites (tertiary alicyclic amines) is 1. The second-order valence-electron chi connectivity index (χ2n) is 7.43. The van der Waals surface area contributed by atoms with E-state index in [1.807, 2.05) is 6.07 Å². The minimum absolute atomic E-state index is 0.130. The maximum atomic E-state index is 12.8. The molecule has 152 valence electrons. The van der Waals surface area contributed by atoms with Gasteiger partial charge in [0.25, 0.3) is 5.91 Å². The second-order valence-corrected chi connectivity index (χ2v) is 8.28. The predicted octanol–water partition coefficient (Wildman–Crippen LogP) is 1.04. The molecule has 2 aromatic heterocycles. The van der Waals surface area contributed by atoms with Gasteiger partial charge in [0.1, 0.15) is 11.7 Å². The first kappa shape index (κ1) is 19.6. The number of fused-ring (bicyclic) bond motifs is 1. The summed E-state index contributed by atoms with van der Waals surface area (Å²) in [6.07, 6.45) is 4.10. The molecule has 2 unspecified atom stereocenters. The van der Waals surface area contributed by atoms with Crippen LogP contribution in [0.1, 0.15) is 23.8 Å². The highest BCUT2D eigenvalue weighted by Crippen LogP contribution is 2.22. The van der Waals surface area contributed by atoms with Crippen molar-refractivity contribution in [3.05, 3.63) is 34.7 Å². The van der Waals surface area contributed by atoms with E-state index in [1.165, 1.54) is 0 Å². The molecule has 0 spiro atoms. The number of halogens is 1. The predicted molar refractivity (Wildman–Crippen MR) is 109 cm³/mol. The smallest absolute Gasteiger partial charge is 0.315 e. The molecule has 2 saturated heterocycles. The topological polar surface area (TPSA) is 116 Å². The van der Waals surface area contributed by atoms with Gasteiger partial charge in [0.2, 0.25) is 5.91 Å². The van der Waals surface area contributed by atoms with Gasteiger partial charge < -0.3 is 20.9 Å². The summed E-state index contributed by atoms with van der Waals surface area (Å²) in [6.45, 7) is 3.35. The first-order valence-corrected chi connectivity index (χ1v) is 10.3. The highest BCUT2D eigenvalue weighted by Gasteiger charge is 2.35. The molecule has 2 fully saturated rings. The SMILES string of the molecule is CC1CCN(C(=O)[C@@H]2CNC(=O)N2)CC1NC(=O)c1ccc2cncc(Br)c2n1. The summed E-state index contributed by atoms with van der Waals surface area (Å²) in [4.78, 5) is 47.1. The Morgan fingerprint density at radius 2 is 2.14 bits per heavy atom. The fourth-order valence-corrected chi connectivity index (χ4v) is 4.10. The molecule has 4 heterocycles. The number of nitrogens with one attached hydrogen (secondary N) is 3. The molecule has 4 amide bonds. The van der Waals surface area contributed by atoms with Crippen molar-refractivity contribution in [1.29, 1.82) is 0 Å². The lowest BCUT2D eigenvalue weighted by molar-refractivity contribution is -0.134. The largest absolute Gasteiger partial charge is 0.346 e. The molecule has 10 heteroatoms. The number of carbonyl (C=O) groups is 3. The van der Waals surface area contributed by atoms with Crippen molar-refractivity contribution in [3.8, 4) is 0 Å². The molecular weight excluding hydrogens is 440 g/mol. The van der Waals surface area contributed by atoms with Crippen LogP contribution in [0, 0.1) is 5.92 Å². The zero-order valence-electron chi connectivity index (χ0n) is 15.8. The van der Waals surface area contributed by atoms with Crippen LogP contribution in [0.2, 0.25) is 0 Å². The average molecular weight is 461 g/mol.